The first-order valence-electron chi connectivity index (χ1n) is 16.4. The topological polar surface area (TPSA) is 84.8 Å². The molecule has 0 spiro atoms. The third kappa shape index (κ3) is 14.5. The number of rotatable bonds is 24. The highest BCUT2D eigenvalue weighted by Crippen LogP contribution is 2.41. The molecule has 1 aliphatic rings. The Morgan fingerprint density at radius 2 is 1.43 bits per heavy atom. The molecule has 0 bridgehead atoms. The molecule has 0 saturated carbocycles. The first-order chi connectivity index (χ1) is 20.7. The largest absolute Gasteiger partial charge is 0.390 e. The Hall–Kier alpha value is -1.10. The van der Waals surface area contributed by atoms with Crippen LogP contribution in [0.4, 0.5) is 0 Å². The molecular weight excluding hydrogens is 560 g/mol. The maximum absolute atomic E-state index is 11.3. The van der Waals surface area contributed by atoms with Gasteiger partial charge in [-0.1, -0.05) is 34.9 Å². The van der Waals surface area contributed by atoms with E-state index < -0.39 is 22.9 Å². The van der Waals surface area contributed by atoms with Crippen LogP contribution in [0.3, 0.4) is 0 Å². The summed E-state index contributed by atoms with van der Waals surface area (Å²) in [6.07, 6.45) is 14.0. The average Bonchev–Trinajstić information content (AvgIpc) is 3.38. The van der Waals surface area contributed by atoms with Gasteiger partial charge in [-0.25, -0.2) is 0 Å². The van der Waals surface area contributed by atoms with Crippen molar-refractivity contribution in [3.63, 3.8) is 0 Å². The van der Waals surface area contributed by atoms with Crippen LogP contribution < -0.4 is 0 Å². The fourth-order valence-electron chi connectivity index (χ4n) is 5.84. The molecule has 0 unspecified atom stereocenters. The summed E-state index contributed by atoms with van der Waals surface area (Å²) < 4.78 is 40.9. The van der Waals surface area contributed by atoms with Gasteiger partial charge in [0, 0.05) is 21.3 Å². The van der Waals surface area contributed by atoms with Crippen molar-refractivity contribution in [3.05, 3.63) is 34.9 Å². The standard InChI is InChI=1S/C36H66O8/c1-28(2)15-13-22-35(7,42-26-39-10)32(41-25-38-9)20-19-30(5)17-12-18-31(37)34(6)24-21-33(44-34)36(8,43-27-40-11)23-14-16-29(3)4/h15-17,31-33,37H,12-14,18-27H2,1-11H3/b30-17+/t31-,32-,33+,34+,35+,36-/m0/s1. The molecule has 0 aromatic heterocycles. The molecule has 0 aromatic rings. The van der Waals surface area contributed by atoms with Gasteiger partial charge >= 0.3 is 0 Å². The lowest BCUT2D eigenvalue weighted by Gasteiger charge is -2.38. The zero-order valence-electron chi connectivity index (χ0n) is 30.0. The quantitative estimate of drug-likeness (QED) is 0.0852. The number of hydrogen-bond donors (Lipinski definition) is 1. The Kier molecular flexibility index (Phi) is 19.4. The van der Waals surface area contributed by atoms with Crippen molar-refractivity contribution in [1.29, 1.82) is 0 Å². The normalized spacial score (nSPS) is 23.1. The molecular formula is C36H66O8. The second-order valence-electron chi connectivity index (χ2n) is 13.6. The first-order valence-corrected chi connectivity index (χ1v) is 16.4. The zero-order valence-corrected chi connectivity index (χ0v) is 30.0. The van der Waals surface area contributed by atoms with Crippen LogP contribution in [-0.2, 0) is 33.2 Å². The van der Waals surface area contributed by atoms with E-state index in [0.717, 1.165) is 57.8 Å². The Labute approximate surface area is 269 Å². The second kappa shape index (κ2) is 20.9. The number of methoxy groups -OCH3 is 3. The Balaban J connectivity index is 2.81. The van der Waals surface area contributed by atoms with Crippen molar-refractivity contribution in [2.45, 2.75) is 155 Å². The van der Waals surface area contributed by atoms with E-state index in [0.29, 0.717) is 6.42 Å². The van der Waals surface area contributed by atoms with Gasteiger partial charge < -0.3 is 38.3 Å². The number of allylic oxidation sites excluding steroid dienone is 6. The van der Waals surface area contributed by atoms with E-state index in [-0.39, 0.29) is 32.6 Å². The molecule has 1 rings (SSSR count). The minimum absolute atomic E-state index is 0.101. The van der Waals surface area contributed by atoms with E-state index in [9.17, 15) is 5.11 Å². The van der Waals surface area contributed by atoms with Crippen molar-refractivity contribution in [1.82, 2.24) is 0 Å². The first kappa shape index (κ1) is 40.9. The Morgan fingerprint density at radius 3 is 2.02 bits per heavy atom. The van der Waals surface area contributed by atoms with Crippen molar-refractivity contribution < 1.29 is 38.3 Å². The van der Waals surface area contributed by atoms with Gasteiger partial charge in [0.1, 0.15) is 20.4 Å². The molecule has 6 atom stereocenters. The molecule has 0 radical (unpaired) electrons. The molecule has 1 heterocycles. The van der Waals surface area contributed by atoms with Crippen molar-refractivity contribution in [2.75, 3.05) is 41.7 Å². The number of aliphatic hydroxyl groups excluding tert-OH is 1. The lowest BCUT2D eigenvalue weighted by molar-refractivity contribution is -0.206. The van der Waals surface area contributed by atoms with Crippen LogP contribution in [0.2, 0.25) is 0 Å². The summed E-state index contributed by atoms with van der Waals surface area (Å²) in [7, 11) is 4.92. The van der Waals surface area contributed by atoms with Gasteiger partial charge in [0.25, 0.3) is 0 Å². The van der Waals surface area contributed by atoms with Gasteiger partial charge in [-0.05, 0) is 120 Å². The lowest BCUT2D eigenvalue weighted by Crippen LogP contribution is -2.46. The molecule has 0 aliphatic carbocycles. The summed E-state index contributed by atoms with van der Waals surface area (Å²) in [6.45, 7) is 17.5. The number of aliphatic hydroxyl groups is 1. The summed E-state index contributed by atoms with van der Waals surface area (Å²) in [5.74, 6) is 0. The monoisotopic (exact) mass is 626 g/mol. The van der Waals surface area contributed by atoms with Crippen LogP contribution in [0.5, 0.6) is 0 Å². The summed E-state index contributed by atoms with van der Waals surface area (Å²) in [4.78, 5) is 0. The van der Waals surface area contributed by atoms with E-state index in [1.807, 2.05) is 6.92 Å². The van der Waals surface area contributed by atoms with Gasteiger partial charge in [0.2, 0.25) is 0 Å². The molecule has 0 aromatic carbocycles. The number of hydrogen-bond acceptors (Lipinski definition) is 8. The van der Waals surface area contributed by atoms with Gasteiger partial charge in [-0.2, -0.15) is 0 Å². The van der Waals surface area contributed by atoms with Crippen LogP contribution in [0.25, 0.3) is 0 Å². The smallest absolute Gasteiger partial charge is 0.147 e. The van der Waals surface area contributed by atoms with Crippen LogP contribution in [0, 0.1) is 0 Å². The van der Waals surface area contributed by atoms with Gasteiger partial charge in [0.05, 0.1) is 35.1 Å². The highest BCUT2D eigenvalue weighted by molar-refractivity contribution is 5.03. The Morgan fingerprint density at radius 1 is 0.841 bits per heavy atom. The third-order valence-corrected chi connectivity index (χ3v) is 8.90. The Bertz CT molecular complexity index is 877. The molecule has 1 N–H and O–H groups in total. The fraction of sp³-hybridized carbons (Fsp3) is 0.833. The van der Waals surface area contributed by atoms with Gasteiger partial charge in [-0.3, -0.25) is 0 Å². The van der Waals surface area contributed by atoms with E-state index in [2.05, 4.69) is 66.7 Å². The van der Waals surface area contributed by atoms with E-state index in [4.69, 9.17) is 33.2 Å². The van der Waals surface area contributed by atoms with Crippen LogP contribution in [-0.4, -0.2) is 81.9 Å². The van der Waals surface area contributed by atoms with Crippen molar-refractivity contribution >= 4 is 0 Å². The second-order valence-corrected chi connectivity index (χ2v) is 13.6. The molecule has 1 aliphatic heterocycles. The molecule has 44 heavy (non-hydrogen) atoms. The summed E-state index contributed by atoms with van der Waals surface area (Å²) in [6, 6.07) is 0. The predicted octanol–water partition coefficient (Wildman–Crippen LogP) is 8.03. The maximum atomic E-state index is 11.3. The minimum Gasteiger partial charge on any atom is -0.390 e. The minimum atomic E-state index is -0.606. The lowest BCUT2D eigenvalue weighted by atomic mass is 9.88. The molecule has 258 valence electrons. The van der Waals surface area contributed by atoms with Crippen LogP contribution in [0.15, 0.2) is 34.9 Å². The molecule has 1 saturated heterocycles. The summed E-state index contributed by atoms with van der Waals surface area (Å²) >= 11 is 0. The van der Waals surface area contributed by atoms with Crippen LogP contribution >= 0.6 is 0 Å². The SMILES string of the molecule is COCO[C@@H](CC/C(C)=C/CC[C@H](O)[C@@]1(C)CC[C@H]([C@](C)(CCC=C(C)C)OCOC)O1)[C@@](C)(CCC=C(C)C)OCOC. The van der Waals surface area contributed by atoms with Gasteiger partial charge in [0.15, 0.2) is 0 Å². The predicted molar refractivity (Wildman–Crippen MR) is 178 cm³/mol. The average molecular weight is 627 g/mol. The van der Waals surface area contributed by atoms with Crippen molar-refractivity contribution in [2.24, 2.45) is 0 Å². The third-order valence-electron chi connectivity index (χ3n) is 8.90. The van der Waals surface area contributed by atoms with Crippen LogP contribution in [0.1, 0.15) is 120 Å². The molecule has 8 heteroatoms. The summed E-state index contributed by atoms with van der Waals surface area (Å²) in [5.41, 5.74) is 2.23. The fourth-order valence-corrected chi connectivity index (χ4v) is 5.84. The van der Waals surface area contributed by atoms with E-state index >= 15 is 0 Å². The molecule has 8 nitrogen and oxygen atoms in total. The molecule has 1 fully saturated rings. The van der Waals surface area contributed by atoms with Gasteiger partial charge in [-0.15, -0.1) is 0 Å². The highest BCUT2D eigenvalue weighted by atomic mass is 16.7. The van der Waals surface area contributed by atoms with E-state index in [1.54, 1.807) is 21.3 Å². The highest BCUT2D eigenvalue weighted by Gasteiger charge is 2.48. The maximum Gasteiger partial charge on any atom is 0.147 e. The van der Waals surface area contributed by atoms with E-state index in [1.165, 1.54) is 16.7 Å². The number of ether oxygens (including phenoxy) is 7. The molecule has 0 amide bonds. The van der Waals surface area contributed by atoms with Crippen molar-refractivity contribution in [3.8, 4) is 0 Å². The zero-order chi connectivity index (χ0) is 33.2. The summed E-state index contributed by atoms with van der Waals surface area (Å²) in [5, 5.41) is 11.3.